The molecule has 0 fully saturated rings. The molecular formula is C12H19FN2. The zero-order valence-corrected chi connectivity index (χ0v) is 9.39. The average molecular weight is 210 g/mol. The molecule has 1 unspecified atom stereocenters. The van der Waals surface area contributed by atoms with Gasteiger partial charge in [-0.2, -0.15) is 0 Å². The molecule has 2 nitrogen and oxygen atoms in total. The summed E-state index contributed by atoms with van der Waals surface area (Å²) in [5, 5.41) is 0. The lowest BCUT2D eigenvalue weighted by atomic mass is 9.96. The lowest BCUT2D eigenvalue weighted by Gasteiger charge is -2.11. The minimum Gasteiger partial charge on any atom is -0.397 e. The van der Waals surface area contributed by atoms with Crippen molar-refractivity contribution in [1.82, 2.24) is 0 Å². The van der Waals surface area contributed by atoms with Crippen molar-refractivity contribution in [2.24, 2.45) is 5.92 Å². The predicted molar refractivity (Wildman–Crippen MR) is 63.0 cm³/mol. The molecule has 0 aliphatic heterocycles. The van der Waals surface area contributed by atoms with Crippen LogP contribution in [0.1, 0.15) is 32.3 Å². The van der Waals surface area contributed by atoms with Crippen molar-refractivity contribution >= 4 is 11.4 Å². The van der Waals surface area contributed by atoms with Crippen LogP contribution >= 0.6 is 0 Å². The normalized spacial score (nSPS) is 12.7. The molecule has 84 valence electrons. The predicted octanol–water partition coefficient (Wildman–Crippen LogP) is 2.97. The molecule has 0 aliphatic rings. The Hall–Kier alpha value is -1.25. The second-order valence-corrected chi connectivity index (χ2v) is 4.18. The van der Waals surface area contributed by atoms with Crippen molar-refractivity contribution < 1.29 is 4.39 Å². The van der Waals surface area contributed by atoms with E-state index in [1.165, 1.54) is 6.07 Å². The summed E-state index contributed by atoms with van der Waals surface area (Å²) < 4.78 is 13.3. The zero-order valence-electron chi connectivity index (χ0n) is 9.39. The molecule has 3 heteroatoms. The fraction of sp³-hybridized carbons (Fsp3) is 0.500. The van der Waals surface area contributed by atoms with Crippen molar-refractivity contribution in [2.75, 3.05) is 11.5 Å². The molecular weight excluding hydrogens is 191 g/mol. The first kappa shape index (κ1) is 11.8. The molecule has 0 radical (unpaired) electrons. The Morgan fingerprint density at radius 2 is 2.00 bits per heavy atom. The first-order chi connectivity index (χ1) is 7.04. The number of nitrogens with two attached hydrogens (primary N) is 2. The van der Waals surface area contributed by atoms with Gasteiger partial charge in [-0.1, -0.05) is 26.7 Å². The highest BCUT2D eigenvalue weighted by Gasteiger charge is 2.08. The summed E-state index contributed by atoms with van der Waals surface area (Å²) in [5.74, 6) is 0.145. The monoisotopic (exact) mass is 210 g/mol. The van der Waals surface area contributed by atoms with E-state index in [1.807, 2.05) is 0 Å². The Morgan fingerprint density at radius 1 is 1.33 bits per heavy atom. The summed E-state index contributed by atoms with van der Waals surface area (Å²) in [5.41, 5.74) is 12.4. The van der Waals surface area contributed by atoms with Crippen LogP contribution in [0.2, 0.25) is 0 Å². The molecule has 0 spiro atoms. The molecule has 0 bridgehead atoms. The largest absolute Gasteiger partial charge is 0.397 e. The first-order valence-corrected chi connectivity index (χ1v) is 5.38. The summed E-state index contributed by atoms with van der Waals surface area (Å²) in [6, 6.07) is 3.25. The van der Waals surface area contributed by atoms with Gasteiger partial charge in [0.2, 0.25) is 0 Å². The maximum Gasteiger partial charge on any atom is 0.148 e. The third-order valence-corrected chi connectivity index (χ3v) is 2.59. The van der Waals surface area contributed by atoms with E-state index >= 15 is 0 Å². The van der Waals surface area contributed by atoms with Gasteiger partial charge in [0.05, 0.1) is 11.4 Å². The molecule has 4 N–H and O–H groups in total. The summed E-state index contributed by atoms with van der Waals surface area (Å²) in [4.78, 5) is 0. The molecule has 1 atom stereocenters. The van der Waals surface area contributed by atoms with E-state index in [4.69, 9.17) is 11.5 Å². The lowest BCUT2D eigenvalue weighted by Crippen LogP contribution is -2.03. The molecule has 0 saturated carbocycles. The maximum atomic E-state index is 13.3. The fourth-order valence-electron chi connectivity index (χ4n) is 1.81. The molecule has 15 heavy (non-hydrogen) atoms. The number of anilines is 2. The molecule has 0 saturated heterocycles. The third kappa shape index (κ3) is 3.11. The van der Waals surface area contributed by atoms with Crippen LogP contribution in [0.25, 0.3) is 0 Å². The molecule has 1 aromatic rings. The van der Waals surface area contributed by atoms with Gasteiger partial charge in [0.1, 0.15) is 5.82 Å². The van der Waals surface area contributed by atoms with Crippen molar-refractivity contribution in [3.63, 3.8) is 0 Å². The summed E-state index contributed by atoms with van der Waals surface area (Å²) in [7, 11) is 0. The Balaban J connectivity index is 2.78. The highest BCUT2D eigenvalue weighted by atomic mass is 19.1. The van der Waals surface area contributed by atoms with Gasteiger partial charge >= 0.3 is 0 Å². The summed E-state index contributed by atoms with van der Waals surface area (Å²) in [6.07, 6.45) is 3.15. The highest BCUT2D eigenvalue weighted by Crippen LogP contribution is 2.23. The number of rotatable bonds is 4. The SMILES string of the molecule is CCCC(C)Cc1cc(N)c(N)c(F)c1. The van der Waals surface area contributed by atoms with Gasteiger partial charge in [-0.15, -0.1) is 0 Å². The van der Waals surface area contributed by atoms with E-state index < -0.39 is 5.82 Å². The fourth-order valence-corrected chi connectivity index (χ4v) is 1.81. The van der Waals surface area contributed by atoms with E-state index in [9.17, 15) is 4.39 Å². The summed E-state index contributed by atoms with van der Waals surface area (Å²) in [6.45, 7) is 4.31. The topological polar surface area (TPSA) is 52.0 Å². The molecule has 1 aromatic carbocycles. The van der Waals surface area contributed by atoms with E-state index in [0.717, 1.165) is 24.8 Å². The van der Waals surface area contributed by atoms with Gasteiger partial charge in [0, 0.05) is 0 Å². The molecule has 0 amide bonds. The average Bonchev–Trinajstić information content (AvgIpc) is 2.14. The summed E-state index contributed by atoms with van der Waals surface area (Å²) >= 11 is 0. The van der Waals surface area contributed by atoms with E-state index in [1.54, 1.807) is 6.07 Å². The zero-order chi connectivity index (χ0) is 11.4. The Labute approximate surface area is 90.5 Å². The first-order valence-electron chi connectivity index (χ1n) is 5.38. The second-order valence-electron chi connectivity index (χ2n) is 4.18. The van der Waals surface area contributed by atoms with Crippen molar-refractivity contribution in [1.29, 1.82) is 0 Å². The number of halogens is 1. The van der Waals surface area contributed by atoms with Gasteiger partial charge in [-0.25, -0.2) is 4.39 Å². The van der Waals surface area contributed by atoms with Gasteiger partial charge < -0.3 is 11.5 Å². The minimum atomic E-state index is -0.409. The number of hydrogen-bond acceptors (Lipinski definition) is 2. The number of nitrogen functional groups attached to an aromatic ring is 2. The van der Waals surface area contributed by atoms with E-state index in [-0.39, 0.29) is 5.69 Å². The van der Waals surface area contributed by atoms with Crippen LogP contribution in [0.5, 0.6) is 0 Å². The molecule has 1 rings (SSSR count). The molecule has 0 aliphatic carbocycles. The number of benzene rings is 1. The van der Waals surface area contributed by atoms with E-state index in [0.29, 0.717) is 11.6 Å². The third-order valence-electron chi connectivity index (χ3n) is 2.59. The van der Waals surface area contributed by atoms with Gasteiger partial charge in [-0.3, -0.25) is 0 Å². The maximum absolute atomic E-state index is 13.3. The van der Waals surface area contributed by atoms with Crippen LogP contribution < -0.4 is 11.5 Å². The van der Waals surface area contributed by atoms with Crippen LogP contribution in [0.4, 0.5) is 15.8 Å². The standard InChI is InChI=1S/C12H19FN2/c1-3-4-8(2)5-9-6-10(13)12(15)11(14)7-9/h6-8H,3-5,14-15H2,1-2H3. The van der Waals surface area contributed by atoms with Gasteiger partial charge in [0.15, 0.2) is 0 Å². The highest BCUT2D eigenvalue weighted by molar-refractivity contribution is 5.64. The van der Waals surface area contributed by atoms with Crippen molar-refractivity contribution in [2.45, 2.75) is 33.1 Å². The quantitative estimate of drug-likeness (QED) is 0.751. The molecule has 0 heterocycles. The van der Waals surface area contributed by atoms with Crippen molar-refractivity contribution in [3.05, 3.63) is 23.5 Å². The van der Waals surface area contributed by atoms with Crippen LogP contribution in [0.3, 0.4) is 0 Å². The Kier molecular flexibility index (Phi) is 3.95. The Morgan fingerprint density at radius 3 is 2.53 bits per heavy atom. The van der Waals surface area contributed by atoms with Gasteiger partial charge in [0.25, 0.3) is 0 Å². The van der Waals surface area contributed by atoms with Crippen LogP contribution in [-0.2, 0) is 6.42 Å². The molecule has 0 aromatic heterocycles. The van der Waals surface area contributed by atoms with Crippen LogP contribution in [0, 0.1) is 11.7 Å². The van der Waals surface area contributed by atoms with Crippen LogP contribution in [0.15, 0.2) is 12.1 Å². The van der Waals surface area contributed by atoms with E-state index in [2.05, 4.69) is 13.8 Å². The number of hydrogen-bond donors (Lipinski definition) is 2. The Bertz CT molecular complexity index is 313. The lowest BCUT2D eigenvalue weighted by molar-refractivity contribution is 0.520. The van der Waals surface area contributed by atoms with Crippen molar-refractivity contribution in [3.8, 4) is 0 Å². The second kappa shape index (κ2) is 5.01. The van der Waals surface area contributed by atoms with Crippen LogP contribution in [-0.4, -0.2) is 0 Å². The minimum absolute atomic E-state index is 0.0573. The van der Waals surface area contributed by atoms with Gasteiger partial charge in [-0.05, 0) is 30.0 Å². The smallest absolute Gasteiger partial charge is 0.148 e.